The first-order valence-electron chi connectivity index (χ1n) is 8.91. The summed E-state index contributed by atoms with van der Waals surface area (Å²) in [7, 11) is 0. The van der Waals surface area contributed by atoms with Crippen LogP contribution in [0.4, 0.5) is 0 Å². The fourth-order valence-corrected chi connectivity index (χ4v) is 3.80. The van der Waals surface area contributed by atoms with E-state index in [1.54, 1.807) is 0 Å². The summed E-state index contributed by atoms with van der Waals surface area (Å²) in [5, 5.41) is 3.39. The average Bonchev–Trinajstić information content (AvgIpc) is 3.13. The van der Waals surface area contributed by atoms with Gasteiger partial charge in [0.15, 0.2) is 11.5 Å². The second-order valence-corrected chi connectivity index (χ2v) is 6.72. The van der Waals surface area contributed by atoms with Gasteiger partial charge in [-0.25, -0.2) is 0 Å². The zero-order valence-corrected chi connectivity index (χ0v) is 14.0. The number of rotatable bonds is 3. The first-order valence-corrected chi connectivity index (χ1v) is 8.91. The SMILES string of the molecule is O=C(Cc1ccc2c(c1)OCCO2)N1CCC(N2CCNCC2)C1. The topological polar surface area (TPSA) is 54.0 Å². The van der Waals surface area contributed by atoms with Gasteiger partial charge in [0.05, 0.1) is 6.42 Å². The smallest absolute Gasteiger partial charge is 0.227 e. The van der Waals surface area contributed by atoms with E-state index in [2.05, 4.69) is 10.2 Å². The van der Waals surface area contributed by atoms with Crippen molar-refractivity contribution in [2.75, 3.05) is 52.5 Å². The van der Waals surface area contributed by atoms with Crippen molar-refractivity contribution < 1.29 is 14.3 Å². The van der Waals surface area contributed by atoms with Gasteiger partial charge in [0.2, 0.25) is 5.91 Å². The summed E-state index contributed by atoms with van der Waals surface area (Å²) in [5.41, 5.74) is 0.995. The number of nitrogens with one attached hydrogen (secondary N) is 1. The molecule has 2 saturated heterocycles. The maximum absolute atomic E-state index is 12.6. The molecule has 2 fully saturated rings. The molecule has 3 aliphatic rings. The first kappa shape index (κ1) is 15.7. The fourth-order valence-electron chi connectivity index (χ4n) is 3.80. The van der Waals surface area contributed by atoms with Crippen LogP contribution in [0.5, 0.6) is 11.5 Å². The van der Waals surface area contributed by atoms with Gasteiger partial charge < -0.3 is 19.7 Å². The Bertz CT molecular complexity index is 601. The molecule has 1 aromatic carbocycles. The van der Waals surface area contributed by atoms with Crippen LogP contribution in [0.3, 0.4) is 0 Å². The molecule has 4 rings (SSSR count). The lowest BCUT2D eigenvalue weighted by Gasteiger charge is -2.32. The number of benzene rings is 1. The maximum Gasteiger partial charge on any atom is 0.227 e. The molecule has 3 heterocycles. The second kappa shape index (κ2) is 6.99. The van der Waals surface area contributed by atoms with E-state index in [0.717, 1.165) is 62.8 Å². The summed E-state index contributed by atoms with van der Waals surface area (Å²) >= 11 is 0. The minimum Gasteiger partial charge on any atom is -0.486 e. The van der Waals surface area contributed by atoms with Crippen molar-refractivity contribution in [2.45, 2.75) is 18.9 Å². The van der Waals surface area contributed by atoms with Crippen LogP contribution >= 0.6 is 0 Å². The van der Waals surface area contributed by atoms with Gasteiger partial charge in [0.1, 0.15) is 13.2 Å². The number of likely N-dealkylation sites (tertiary alicyclic amines) is 1. The Hall–Kier alpha value is -1.79. The van der Waals surface area contributed by atoms with E-state index in [-0.39, 0.29) is 5.91 Å². The lowest BCUT2D eigenvalue weighted by Crippen LogP contribution is -2.49. The van der Waals surface area contributed by atoms with Crippen LogP contribution < -0.4 is 14.8 Å². The number of amides is 1. The first-order chi connectivity index (χ1) is 11.8. The van der Waals surface area contributed by atoms with Crippen LogP contribution in [0.25, 0.3) is 0 Å². The lowest BCUT2D eigenvalue weighted by atomic mass is 10.1. The molecule has 1 N–H and O–H groups in total. The highest BCUT2D eigenvalue weighted by Gasteiger charge is 2.30. The molecule has 6 nitrogen and oxygen atoms in total. The fraction of sp³-hybridized carbons (Fsp3) is 0.611. The second-order valence-electron chi connectivity index (χ2n) is 6.72. The number of carbonyl (C=O) groups is 1. The number of hydrogen-bond donors (Lipinski definition) is 1. The maximum atomic E-state index is 12.6. The van der Waals surface area contributed by atoms with E-state index in [4.69, 9.17) is 9.47 Å². The van der Waals surface area contributed by atoms with Gasteiger partial charge >= 0.3 is 0 Å². The third-order valence-corrected chi connectivity index (χ3v) is 5.15. The zero-order valence-electron chi connectivity index (χ0n) is 14.0. The van der Waals surface area contributed by atoms with Crippen molar-refractivity contribution in [3.05, 3.63) is 23.8 Å². The van der Waals surface area contributed by atoms with Gasteiger partial charge in [-0.3, -0.25) is 9.69 Å². The highest BCUT2D eigenvalue weighted by molar-refractivity contribution is 5.79. The van der Waals surface area contributed by atoms with Crippen molar-refractivity contribution in [3.8, 4) is 11.5 Å². The Balaban J connectivity index is 1.35. The van der Waals surface area contributed by atoms with Crippen LogP contribution in [0, 0.1) is 0 Å². The molecule has 0 radical (unpaired) electrons. The predicted octanol–water partition coefficient (Wildman–Crippen LogP) is 0.506. The third kappa shape index (κ3) is 3.35. The Kier molecular flexibility index (Phi) is 4.58. The van der Waals surface area contributed by atoms with Gasteiger partial charge in [0, 0.05) is 45.3 Å². The van der Waals surface area contributed by atoms with Gasteiger partial charge in [-0.2, -0.15) is 0 Å². The standard InChI is InChI=1S/C18H25N3O3/c22-18(12-14-1-2-16-17(11-14)24-10-9-23-16)21-6-3-15(13-21)20-7-4-19-5-8-20/h1-2,11,15,19H,3-10,12-13H2. The average molecular weight is 331 g/mol. The number of fused-ring (bicyclic) bond motifs is 1. The van der Waals surface area contributed by atoms with Crippen molar-refractivity contribution in [2.24, 2.45) is 0 Å². The molecular formula is C18H25N3O3. The molecule has 130 valence electrons. The van der Waals surface area contributed by atoms with Gasteiger partial charge in [0.25, 0.3) is 0 Å². The molecule has 1 aromatic rings. The van der Waals surface area contributed by atoms with Crippen LogP contribution in [-0.4, -0.2) is 74.2 Å². The monoisotopic (exact) mass is 331 g/mol. The number of hydrogen-bond acceptors (Lipinski definition) is 5. The van der Waals surface area contributed by atoms with Crippen LogP contribution in [0.2, 0.25) is 0 Å². The van der Waals surface area contributed by atoms with E-state index in [1.165, 1.54) is 0 Å². The van der Waals surface area contributed by atoms with Gasteiger partial charge in [-0.1, -0.05) is 6.07 Å². The molecule has 1 unspecified atom stereocenters. The number of nitrogens with zero attached hydrogens (tertiary/aromatic N) is 2. The van der Waals surface area contributed by atoms with Crippen LogP contribution in [-0.2, 0) is 11.2 Å². The molecule has 0 bridgehead atoms. The Labute approximate surface area is 142 Å². The van der Waals surface area contributed by atoms with Crippen molar-refractivity contribution in [1.82, 2.24) is 15.1 Å². The molecule has 6 heteroatoms. The molecule has 3 aliphatic heterocycles. The molecule has 0 aliphatic carbocycles. The van der Waals surface area contributed by atoms with Gasteiger partial charge in [-0.15, -0.1) is 0 Å². The van der Waals surface area contributed by atoms with Crippen molar-refractivity contribution >= 4 is 5.91 Å². The molecule has 1 atom stereocenters. The molecule has 0 saturated carbocycles. The molecule has 24 heavy (non-hydrogen) atoms. The highest BCUT2D eigenvalue weighted by atomic mass is 16.6. The predicted molar refractivity (Wildman–Crippen MR) is 90.6 cm³/mol. The Morgan fingerprint density at radius 3 is 2.75 bits per heavy atom. The molecule has 0 aromatic heterocycles. The summed E-state index contributed by atoms with van der Waals surface area (Å²) < 4.78 is 11.1. The van der Waals surface area contributed by atoms with E-state index in [0.29, 0.717) is 25.7 Å². The minimum absolute atomic E-state index is 0.212. The van der Waals surface area contributed by atoms with E-state index in [1.807, 2.05) is 23.1 Å². The largest absolute Gasteiger partial charge is 0.486 e. The minimum atomic E-state index is 0.212. The van der Waals surface area contributed by atoms with Crippen LogP contribution in [0.1, 0.15) is 12.0 Å². The highest BCUT2D eigenvalue weighted by Crippen LogP contribution is 2.31. The van der Waals surface area contributed by atoms with E-state index >= 15 is 0 Å². The number of carbonyl (C=O) groups excluding carboxylic acids is 1. The van der Waals surface area contributed by atoms with Crippen LogP contribution in [0.15, 0.2) is 18.2 Å². The summed E-state index contributed by atoms with van der Waals surface area (Å²) in [6.07, 6.45) is 1.53. The summed E-state index contributed by atoms with van der Waals surface area (Å²) in [5.74, 6) is 1.74. The zero-order chi connectivity index (χ0) is 16.4. The molecule has 1 amide bonds. The summed E-state index contributed by atoms with van der Waals surface area (Å²) in [6, 6.07) is 6.34. The Morgan fingerprint density at radius 2 is 1.92 bits per heavy atom. The molecular weight excluding hydrogens is 306 g/mol. The van der Waals surface area contributed by atoms with E-state index in [9.17, 15) is 4.79 Å². The Morgan fingerprint density at radius 1 is 1.12 bits per heavy atom. The van der Waals surface area contributed by atoms with Gasteiger partial charge in [-0.05, 0) is 24.1 Å². The summed E-state index contributed by atoms with van der Waals surface area (Å²) in [4.78, 5) is 17.2. The molecule has 0 spiro atoms. The third-order valence-electron chi connectivity index (χ3n) is 5.15. The quantitative estimate of drug-likeness (QED) is 0.874. The summed E-state index contributed by atoms with van der Waals surface area (Å²) in [6.45, 7) is 7.20. The lowest BCUT2D eigenvalue weighted by molar-refractivity contribution is -0.129. The van der Waals surface area contributed by atoms with E-state index < -0.39 is 0 Å². The normalized spacial score (nSPS) is 24.2. The van der Waals surface area contributed by atoms with Crippen molar-refractivity contribution in [3.63, 3.8) is 0 Å². The van der Waals surface area contributed by atoms with Crippen molar-refractivity contribution in [1.29, 1.82) is 0 Å². The number of ether oxygens (including phenoxy) is 2. The number of piperazine rings is 1.